The van der Waals surface area contributed by atoms with Crippen molar-refractivity contribution in [3.8, 4) is 0 Å². The summed E-state index contributed by atoms with van der Waals surface area (Å²) in [6.07, 6.45) is 0. The quantitative estimate of drug-likeness (QED) is 0.792. The van der Waals surface area contributed by atoms with Crippen LogP contribution in [0.3, 0.4) is 0 Å². The van der Waals surface area contributed by atoms with E-state index in [1.165, 1.54) is 6.07 Å². The molecular weight excluding hydrogens is 244 g/mol. The number of benzene rings is 1. The molecule has 1 aromatic rings. The minimum atomic E-state index is -0.349. The zero-order valence-electron chi connectivity index (χ0n) is 6.50. The minimum absolute atomic E-state index is 0.311. The minimum Gasteiger partial charge on any atom is -0.385 e. The second-order valence-electron chi connectivity index (χ2n) is 2.28. The summed E-state index contributed by atoms with van der Waals surface area (Å²) in [6.45, 7) is 2.69. The zero-order chi connectivity index (χ0) is 9.14. The van der Waals surface area contributed by atoms with Crippen LogP contribution in [-0.2, 0) is 0 Å². The van der Waals surface area contributed by atoms with Crippen LogP contribution in [-0.4, -0.2) is 6.54 Å². The number of rotatable bonds is 2. The van der Waals surface area contributed by atoms with Crippen LogP contribution in [0.1, 0.15) is 6.92 Å². The first kappa shape index (κ1) is 9.81. The molecule has 4 heteroatoms. The SMILES string of the molecule is CCNc1cc(F)c(Br)c(Cl)c1. The lowest BCUT2D eigenvalue weighted by atomic mass is 10.3. The van der Waals surface area contributed by atoms with Crippen molar-refractivity contribution in [1.29, 1.82) is 0 Å². The standard InChI is InChI=1S/C8H8BrClFN/c1-2-12-5-3-6(10)8(9)7(11)4-5/h3-4,12H,2H2,1H3. The average molecular weight is 253 g/mol. The first-order valence-electron chi connectivity index (χ1n) is 3.53. The maximum atomic E-state index is 13.0. The molecule has 1 N–H and O–H groups in total. The maximum absolute atomic E-state index is 13.0. The fourth-order valence-electron chi connectivity index (χ4n) is 0.862. The summed E-state index contributed by atoms with van der Waals surface area (Å²) >= 11 is 8.76. The van der Waals surface area contributed by atoms with Gasteiger partial charge in [-0.2, -0.15) is 0 Å². The molecule has 0 atom stereocenters. The molecule has 0 aliphatic rings. The molecule has 0 unspecified atom stereocenters. The van der Waals surface area contributed by atoms with Gasteiger partial charge in [-0.25, -0.2) is 4.39 Å². The van der Waals surface area contributed by atoms with Gasteiger partial charge in [-0.05, 0) is 35.0 Å². The van der Waals surface area contributed by atoms with Crippen LogP contribution in [0.15, 0.2) is 16.6 Å². The summed E-state index contributed by atoms with van der Waals surface area (Å²) in [5.74, 6) is -0.349. The van der Waals surface area contributed by atoms with Gasteiger partial charge in [-0.3, -0.25) is 0 Å². The van der Waals surface area contributed by atoms with Crippen LogP contribution in [0.2, 0.25) is 5.02 Å². The van der Waals surface area contributed by atoms with Gasteiger partial charge in [0.2, 0.25) is 0 Å². The third-order valence-corrected chi connectivity index (χ3v) is 2.70. The highest BCUT2D eigenvalue weighted by molar-refractivity contribution is 9.10. The van der Waals surface area contributed by atoms with E-state index in [2.05, 4.69) is 21.2 Å². The number of hydrogen-bond acceptors (Lipinski definition) is 1. The summed E-state index contributed by atoms with van der Waals surface area (Å²) < 4.78 is 13.3. The highest BCUT2D eigenvalue weighted by Gasteiger charge is 2.05. The van der Waals surface area contributed by atoms with Crippen LogP contribution < -0.4 is 5.32 Å². The number of nitrogens with one attached hydrogen (secondary N) is 1. The second-order valence-corrected chi connectivity index (χ2v) is 3.48. The molecule has 0 bridgehead atoms. The Bertz CT molecular complexity index is 267. The predicted molar refractivity (Wildman–Crippen MR) is 53.3 cm³/mol. The Morgan fingerprint density at radius 2 is 2.25 bits per heavy atom. The summed E-state index contributed by atoms with van der Waals surface area (Å²) in [6, 6.07) is 3.08. The smallest absolute Gasteiger partial charge is 0.140 e. The monoisotopic (exact) mass is 251 g/mol. The Labute approximate surface area is 84.0 Å². The van der Waals surface area contributed by atoms with Gasteiger partial charge in [0, 0.05) is 12.2 Å². The van der Waals surface area contributed by atoms with Gasteiger partial charge in [0.25, 0.3) is 0 Å². The van der Waals surface area contributed by atoms with Gasteiger partial charge in [0.05, 0.1) is 9.50 Å². The molecule has 0 fully saturated rings. The van der Waals surface area contributed by atoms with E-state index in [0.717, 1.165) is 6.54 Å². The van der Waals surface area contributed by atoms with E-state index in [9.17, 15) is 4.39 Å². The molecule has 1 aromatic carbocycles. The van der Waals surface area contributed by atoms with E-state index in [-0.39, 0.29) is 5.82 Å². The van der Waals surface area contributed by atoms with Crippen LogP contribution >= 0.6 is 27.5 Å². The summed E-state index contributed by atoms with van der Waals surface area (Å²) in [4.78, 5) is 0. The normalized spacial score (nSPS) is 10.0. The van der Waals surface area contributed by atoms with Crippen molar-refractivity contribution >= 4 is 33.2 Å². The molecule has 0 amide bonds. The van der Waals surface area contributed by atoms with Crippen LogP contribution in [0.5, 0.6) is 0 Å². The van der Waals surface area contributed by atoms with E-state index in [4.69, 9.17) is 11.6 Å². The summed E-state index contributed by atoms with van der Waals surface area (Å²) in [5.41, 5.74) is 0.697. The molecule has 0 saturated carbocycles. The Balaban J connectivity index is 3.04. The van der Waals surface area contributed by atoms with Crippen molar-refractivity contribution in [1.82, 2.24) is 0 Å². The molecule has 12 heavy (non-hydrogen) atoms. The van der Waals surface area contributed by atoms with Crippen molar-refractivity contribution < 1.29 is 4.39 Å². The Kier molecular flexibility index (Phi) is 3.35. The van der Waals surface area contributed by atoms with Crippen molar-refractivity contribution in [3.05, 3.63) is 27.4 Å². The van der Waals surface area contributed by atoms with Gasteiger partial charge in [0.1, 0.15) is 5.82 Å². The van der Waals surface area contributed by atoms with Gasteiger partial charge in [-0.15, -0.1) is 0 Å². The molecule has 1 rings (SSSR count). The average Bonchev–Trinajstić information content (AvgIpc) is 2.01. The van der Waals surface area contributed by atoms with Crippen LogP contribution in [0.25, 0.3) is 0 Å². The number of anilines is 1. The highest BCUT2D eigenvalue weighted by Crippen LogP contribution is 2.28. The molecule has 0 aromatic heterocycles. The Morgan fingerprint density at radius 1 is 1.58 bits per heavy atom. The van der Waals surface area contributed by atoms with Gasteiger partial charge >= 0.3 is 0 Å². The van der Waals surface area contributed by atoms with E-state index in [1.807, 2.05) is 6.92 Å². The molecule has 0 aliphatic carbocycles. The number of halogens is 3. The number of hydrogen-bond donors (Lipinski definition) is 1. The lowest BCUT2D eigenvalue weighted by Crippen LogP contribution is -1.97. The lowest BCUT2D eigenvalue weighted by molar-refractivity contribution is 0.621. The third kappa shape index (κ3) is 2.11. The van der Waals surface area contributed by atoms with Gasteiger partial charge in [0.15, 0.2) is 0 Å². The van der Waals surface area contributed by atoms with E-state index < -0.39 is 0 Å². The van der Waals surface area contributed by atoms with Crippen molar-refractivity contribution in [2.24, 2.45) is 0 Å². The molecule has 0 saturated heterocycles. The molecular formula is C8H8BrClFN. The van der Waals surface area contributed by atoms with Crippen LogP contribution in [0.4, 0.5) is 10.1 Å². The largest absolute Gasteiger partial charge is 0.385 e. The van der Waals surface area contributed by atoms with E-state index >= 15 is 0 Å². The zero-order valence-corrected chi connectivity index (χ0v) is 8.84. The fourth-order valence-corrected chi connectivity index (χ4v) is 1.30. The van der Waals surface area contributed by atoms with Crippen molar-refractivity contribution in [2.75, 3.05) is 11.9 Å². The lowest BCUT2D eigenvalue weighted by Gasteiger charge is -2.05. The first-order chi connectivity index (χ1) is 5.65. The Hall–Kier alpha value is -0.280. The topological polar surface area (TPSA) is 12.0 Å². The van der Waals surface area contributed by atoms with E-state index in [1.54, 1.807) is 6.07 Å². The predicted octanol–water partition coefficient (Wildman–Crippen LogP) is 3.67. The van der Waals surface area contributed by atoms with Crippen molar-refractivity contribution in [2.45, 2.75) is 6.92 Å². The molecule has 0 radical (unpaired) electrons. The van der Waals surface area contributed by atoms with Crippen LogP contribution in [0, 0.1) is 5.82 Å². The molecule has 0 aliphatic heterocycles. The molecule has 66 valence electrons. The third-order valence-electron chi connectivity index (χ3n) is 1.36. The van der Waals surface area contributed by atoms with Gasteiger partial charge in [-0.1, -0.05) is 11.6 Å². The van der Waals surface area contributed by atoms with Crippen molar-refractivity contribution in [3.63, 3.8) is 0 Å². The molecule has 0 spiro atoms. The summed E-state index contributed by atoms with van der Waals surface area (Å²) in [7, 11) is 0. The summed E-state index contributed by atoms with van der Waals surface area (Å²) in [5, 5.41) is 3.35. The first-order valence-corrected chi connectivity index (χ1v) is 4.70. The fraction of sp³-hybridized carbons (Fsp3) is 0.250. The molecule has 1 nitrogen and oxygen atoms in total. The highest BCUT2D eigenvalue weighted by atomic mass is 79.9. The van der Waals surface area contributed by atoms with E-state index in [0.29, 0.717) is 15.2 Å². The second kappa shape index (κ2) is 4.10. The van der Waals surface area contributed by atoms with Gasteiger partial charge < -0.3 is 5.32 Å². The maximum Gasteiger partial charge on any atom is 0.140 e. The molecule has 0 heterocycles. The Morgan fingerprint density at radius 3 is 2.75 bits per heavy atom.